The van der Waals surface area contributed by atoms with Gasteiger partial charge in [-0.05, 0) is 38.6 Å². The number of primary amides is 1. The number of nitrogens with two attached hydrogens (primary N) is 2. The van der Waals surface area contributed by atoms with E-state index >= 15 is 0 Å². The van der Waals surface area contributed by atoms with Crippen molar-refractivity contribution >= 4 is 17.3 Å². The second kappa shape index (κ2) is 5.48. The SMILES string of the molecule is CN(CC1CCCN1C)c1cccc(C(N)=O)c1N. The summed E-state index contributed by atoms with van der Waals surface area (Å²) >= 11 is 0. The predicted octanol–water partition coefficient (Wildman–Crippen LogP) is 0.898. The lowest BCUT2D eigenvalue weighted by molar-refractivity contribution is 0.100. The molecule has 1 heterocycles. The van der Waals surface area contributed by atoms with E-state index in [1.807, 2.05) is 19.2 Å². The van der Waals surface area contributed by atoms with Gasteiger partial charge < -0.3 is 21.3 Å². The summed E-state index contributed by atoms with van der Waals surface area (Å²) in [5, 5.41) is 0. The molecule has 1 fully saturated rings. The minimum Gasteiger partial charge on any atom is -0.396 e. The first-order valence-corrected chi connectivity index (χ1v) is 6.60. The third kappa shape index (κ3) is 2.81. The molecule has 1 unspecified atom stereocenters. The van der Waals surface area contributed by atoms with Crippen LogP contribution >= 0.6 is 0 Å². The molecule has 5 heteroatoms. The smallest absolute Gasteiger partial charge is 0.250 e. The average molecular weight is 262 g/mol. The van der Waals surface area contributed by atoms with Gasteiger partial charge in [-0.2, -0.15) is 0 Å². The van der Waals surface area contributed by atoms with E-state index in [1.54, 1.807) is 6.07 Å². The maximum absolute atomic E-state index is 11.3. The van der Waals surface area contributed by atoms with Gasteiger partial charge in [-0.25, -0.2) is 0 Å². The van der Waals surface area contributed by atoms with Crippen LogP contribution in [0.1, 0.15) is 23.2 Å². The zero-order chi connectivity index (χ0) is 14.0. The first-order valence-electron chi connectivity index (χ1n) is 6.60. The molecule has 0 radical (unpaired) electrons. The Hall–Kier alpha value is -1.75. The van der Waals surface area contributed by atoms with E-state index in [1.165, 1.54) is 12.8 Å². The Morgan fingerprint density at radius 2 is 2.26 bits per heavy atom. The summed E-state index contributed by atoms with van der Waals surface area (Å²) in [5.41, 5.74) is 13.1. The number of anilines is 2. The minimum atomic E-state index is -0.481. The van der Waals surface area contributed by atoms with Crippen molar-refractivity contribution in [2.45, 2.75) is 18.9 Å². The van der Waals surface area contributed by atoms with E-state index in [0.29, 0.717) is 17.3 Å². The Kier molecular flexibility index (Phi) is 3.95. The molecule has 0 bridgehead atoms. The van der Waals surface area contributed by atoms with Crippen molar-refractivity contribution in [3.8, 4) is 0 Å². The molecule has 2 rings (SSSR count). The Morgan fingerprint density at radius 3 is 2.84 bits per heavy atom. The number of nitrogen functional groups attached to an aromatic ring is 1. The van der Waals surface area contributed by atoms with E-state index in [2.05, 4.69) is 16.8 Å². The van der Waals surface area contributed by atoms with E-state index in [9.17, 15) is 4.79 Å². The molecule has 1 aromatic carbocycles. The van der Waals surface area contributed by atoms with Crippen LogP contribution in [0.3, 0.4) is 0 Å². The van der Waals surface area contributed by atoms with Crippen LogP contribution in [0.2, 0.25) is 0 Å². The van der Waals surface area contributed by atoms with Crippen molar-refractivity contribution in [1.82, 2.24) is 4.90 Å². The van der Waals surface area contributed by atoms with Crippen molar-refractivity contribution in [2.75, 3.05) is 37.8 Å². The van der Waals surface area contributed by atoms with E-state index in [-0.39, 0.29) is 0 Å². The molecule has 1 aliphatic rings. The lowest BCUT2D eigenvalue weighted by Crippen LogP contribution is -2.37. The molecule has 104 valence electrons. The second-order valence-corrected chi connectivity index (χ2v) is 5.26. The summed E-state index contributed by atoms with van der Waals surface area (Å²) in [6.45, 7) is 2.05. The number of hydrogen-bond acceptors (Lipinski definition) is 4. The highest BCUT2D eigenvalue weighted by Crippen LogP contribution is 2.27. The molecular formula is C14H22N4O. The fraction of sp³-hybridized carbons (Fsp3) is 0.500. The monoisotopic (exact) mass is 262 g/mol. The normalized spacial score (nSPS) is 19.6. The first-order chi connectivity index (χ1) is 9.00. The molecule has 19 heavy (non-hydrogen) atoms. The van der Waals surface area contributed by atoms with Crippen molar-refractivity contribution < 1.29 is 4.79 Å². The molecule has 1 aromatic rings. The number of rotatable bonds is 4. The summed E-state index contributed by atoms with van der Waals surface area (Å²) in [6.07, 6.45) is 2.45. The van der Waals surface area contributed by atoms with Gasteiger partial charge in [0.05, 0.1) is 16.9 Å². The highest BCUT2D eigenvalue weighted by molar-refractivity contribution is 6.00. The highest BCUT2D eigenvalue weighted by Gasteiger charge is 2.23. The Morgan fingerprint density at radius 1 is 1.53 bits per heavy atom. The van der Waals surface area contributed by atoms with Crippen LogP contribution in [-0.2, 0) is 0 Å². The van der Waals surface area contributed by atoms with Crippen molar-refractivity contribution in [3.63, 3.8) is 0 Å². The Labute approximate surface area is 114 Å². The lowest BCUT2D eigenvalue weighted by atomic mass is 10.1. The number of likely N-dealkylation sites (tertiary alicyclic amines) is 1. The summed E-state index contributed by atoms with van der Waals surface area (Å²) in [5.74, 6) is -0.481. The van der Waals surface area contributed by atoms with Crippen LogP contribution in [0.5, 0.6) is 0 Å². The fourth-order valence-corrected chi connectivity index (χ4v) is 2.73. The zero-order valence-corrected chi connectivity index (χ0v) is 11.6. The molecule has 1 aliphatic heterocycles. The largest absolute Gasteiger partial charge is 0.396 e. The summed E-state index contributed by atoms with van der Waals surface area (Å²) in [4.78, 5) is 15.8. The lowest BCUT2D eigenvalue weighted by Gasteiger charge is -2.28. The van der Waals surface area contributed by atoms with Crippen LogP contribution in [0, 0.1) is 0 Å². The van der Waals surface area contributed by atoms with E-state index in [4.69, 9.17) is 11.5 Å². The fourth-order valence-electron chi connectivity index (χ4n) is 2.73. The van der Waals surface area contributed by atoms with Gasteiger partial charge in [-0.15, -0.1) is 0 Å². The summed E-state index contributed by atoms with van der Waals surface area (Å²) in [7, 11) is 4.15. The highest BCUT2D eigenvalue weighted by atomic mass is 16.1. The second-order valence-electron chi connectivity index (χ2n) is 5.26. The number of carbonyl (C=O) groups excluding carboxylic acids is 1. The first kappa shape index (κ1) is 13.7. The van der Waals surface area contributed by atoms with Gasteiger partial charge >= 0.3 is 0 Å². The number of likely N-dealkylation sites (N-methyl/N-ethyl adjacent to an activating group) is 2. The molecule has 1 saturated heterocycles. The van der Waals surface area contributed by atoms with Crippen molar-refractivity contribution in [1.29, 1.82) is 0 Å². The predicted molar refractivity (Wildman–Crippen MR) is 78.3 cm³/mol. The number of benzene rings is 1. The van der Waals surface area contributed by atoms with Gasteiger partial charge in [0.15, 0.2) is 0 Å². The molecule has 1 atom stereocenters. The van der Waals surface area contributed by atoms with Gasteiger partial charge in [0, 0.05) is 19.6 Å². The van der Waals surface area contributed by atoms with Crippen molar-refractivity contribution in [3.05, 3.63) is 23.8 Å². The maximum Gasteiger partial charge on any atom is 0.250 e. The van der Waals surface area contributed by atoms with Gasteiger partial charge in [0.1, 0.15) is 0 Å². The third-order valence-corrected chi connectivity index (χ3v) is 3.92. The number of hydrogen-bond donors (Lipinski definition) is 2. The molecule has 5 nitrogen and oxygen atoms in total. The minimum absolute atomic E-state index is 0.393. The molecule has 0 aliphatic carbocycles. The van der Waals surface area contributed by atoms with Gasteiger partial charge in [0.2, 0.25) is 0 Å². The topological polar surface area (TPSA) is 75.6 Å². The number of amides is 1. The molecule has 0 spiro atoms. The van der Waals surface area contributed by atoms with E-state index in [0.717, 1.165) is 18.8 Å². The van der Waals surface area contributed by atoms with Crippen LogP contribution in [0.25, 0.3) is 0 Å². The van der Waals surface area contributed by atoms with E-state index < -0.39 is 5.91 Å². The van der Waals surface area contributed by atoms with Gasteiger partial charge in [0.25, 0.3) is 5.91 Å². The Balaban J connectivity index is 2.17. The number of carbonyl (C=O) groups is 1. The zero-order valence-electron chi connectivity index (χ0n) is 11.6. The summed E-state index contributed by atoms with van der Waals surface area (Å²) in [6, 6.07) is 5.95. The third-order valence-electron chi connectivity index (χ3n) is 3.92. The van der Waals surface area contributed by atoms with Crippen molar-refractivity contribution in [2.24, 2.45) is 5.73 Å². The molecule has 1 amide bonds. The molecule has 0 saturated carbocycles. The van der Waals surface area contributed by atoms with Crippen LogP contribution in [-0.4, -0.2) is 44.0 Å². The van der Waals surface area contributed by atoms with Crippen LogP contribution in [0.4, 0.5) is 11.4 Å². The molecule has 0 aromatic heterocycles. The Bertz CT molecular complexity index is 475. The number of para-hydroxylation sites is 1. The standard InChI is InChI=1S/C14H22N4O/c1-17-8-4-5-10(17)9-18(2)12-7-3-6-11(13(12)15)14(16)19/h3,6-7,10H,4-5,8-9,15H2,1-2H3,(H2,16,19). The quantitative estimate of drug-likeness (QED) is 0.790. The molecular weight excluding hydrogens is 240 g/mol. The number of nitrogens with zero attached hydrogens (tertiary/aromatic N) is 2. The molecule has 4 N–H and O–H groups in total. The van der Waals surface area contributed by atoms with Crippen LogP contribution < -0.4 is 16.4 Å². The summed E-state index contributed by atoms with van der Waals surface area (Å²) < 4.78 is 0. The average Bonchev–Trinajstić information content (AvgIpc) is 2.74. The van der Waals surface area contributed by atoms with Crippen LogP contribution in [0.15, 0.2) is 18.2 Å². The van der Waals surface area contributed by atoms with Gasteiger partial charge in [-0.3, -0.25) is 4.79 Å². The van der Waals surface area contributed by atoms with Gasteiger partial charge in [-0.1, -0.05) is 6.07 Å². The maximum atomic E-state index is 11.3.